The number of rotatable bonds is 11. The van der Waals surface area contributed by atoms with Gasteiger partial charge in [0.25, 0.3) is 5.56 Å². The van der Waals surface area contributed by atoms with E-state index in [1.807, 2.05) is 45.5 Å². The van der Waals surface area contributed by atoms with Gasteiger partial charge in [0.1, 0.15) is 6.33 Å². The van der Waals surface area contributed by atoms with E-state index in [0.717, 1.165) is 66.5 Å². The smallest absolute Gasteiger partial charge is 0.259 e. The molecule has 0 amide bonds. The fourth-order valence-electron chi connectivity index (χ4n) is 6.37. The van der Waals surface area contributed by atoms with E-state index < -0.39 is 8.32 Å². The molecule has 5 rings (SSSR count). The van der Waals surface area contributed by atoms with Crippen LogP contribution in [0.1, 0.15) is 95.1 Å². The Balaban J connectivity index is 1.34. The molecular weight excluding hydrogens is 591 g/mol. The van der Waals surface area contributed by atoms with Gasteiger partial charge in [-0.25, -0.2) is 4.52 Å². The topological polar surface area (TPSA) is 94.4 Å². The summed E-state index contributed by atoms with van der Waals surface area (Å²) in [5.74, 6) is 0.626. The van der Waals surface area contributed by atoms with Gasteiger partial charge >= 0.3 is 0 Å². The highest BCUT2D eigenvalue weighted by Crippen LogP contribution is 2.37. The fraction of sp³-hybridized carbons (Fsp3) is 0.514. The molecule has 1 fully saturated rings. The predicted octanol–water partition coefficient (Wildman–Crippen LogP) is 7.88. The maximum absolute atomic E-state index is 14.4. The molecular formula is C37H49N5O3Si. The summed E-state index contributed by atoms with van der Waals surface area (Å²) in [7, 11) is -1.85. The first-order valence-corrected chi connectivity index (χ1v) is 19.7. The predicted molar refractivity (Wildman–Crippen MR) is 186 cm³/mol. The molecule has 0 aliphatic heterocycles. The molecule has 2 heterocycles. The lowest BCUT2D eigenvalue weighted by atomic mass is 9.92. The molecule has 0 spiro atoms. The van der Waals surface area contributed by atoms with E-state index in [-0.39, 0.29) is 28.8 Å². The van der Waals surface area contributed by atoms with Gasteiger partial charge in [0.05, 0.1) is 36.1 Å². The summed E-state index contributed by atoms with van der Waals surface area (Å²) in [5.41, 5.74) is 5.33. The molecule has 1 aliphatic carbocycles. The molecule has 2 aromatic heterocycles. The zero-order valence-corrected chi connectivity index (χ0v) is 29.5. The first kappa shape index (κ1) is 33.8. The zero-order chi connectivity index (χ0) is 33.1. The first-order chi connectivity index (χ1) is 21.9. The van der Waals surface area contributed by atoms with Gasteiger partial charge in [-0.3, -0.25) is 9.36 Å². The lowest BCUT2D eigenvalue weighted by molar-refractivity contribution is -0.0198. The van der Waals surface area contributed by atoms with Crippen molar-refractivity contribution < 1.29 is 9.16 Å². The summed E-state index contributed by atoms with van der Waals surface area (Å²) < 4.78 is 16.7. The number of hydrogen-bond acceptors (Lipinski definition) is 6. The summed E-state index contributed by atoms with van der Waals surface area (Å²) in [4.78, 5) is 18.9. The van der Waals surface area contributed by atoms with Gasteiger partial charge in [-0.15, -0.1) is 0 Å². The average Bonchev–Trinajstić information content (AvgIpc) is 3.51. The Morgan fingerprint density at radius 1 is 1.07 bits per heavy atom. The number of benzene rings is 2. The minimum absolute atomic E-state index is 0.0311. The maximum atomic E-state index is 14.4. The summed E-state index contributed by atoms with van der Waals surface area (Å²) in [6.07, 6.45) is 7.42. The van der Waals surface area contributed by atoms with Crippen LogP contribution in [0.5, 0.6) is 0 Å². The Bertz CT molecular complexity index is 1740. The largest absolute Gasteiger partial charge is 0.412 e. The van der Waals surface area contributed by atoms with E-state index >= 15 is 0 Å². The lowest BCUT2D eigenvalue weighted by Crippen LogP contribution is -2.44. The van der Waals surface area contributed by atoms with Crippen LogP contribution in [0.25, 0.3) is 16.9 Å². The molecule has 0 radical (unpaired) electrons. The van der Waals surface area contributed by atoms with E-state index in [2.05, 4.69) is 76.0 Å². The van der Waals surface area contributed by atoms with Crippen molar-refractivity contribution in [2.75, 3.05) is 6.61 Å². The van der Waals surface area contributed by atoms with Gasteiger partial charge in [0.2, 0.25) is 5.78 Å². The van der Waals surface area contributed by atoms with Crippen LogP contribution in [0.3, 0.4) is 0 Å². The van der Waals surface area contributed by atoms with E-state index in [1.165, 1.54) is 0 Å². The van der Waals surface area contributed by atoms with Crippen LogP contribution in [-0.4, -0.2) is 46.3 Å². The Morgan fingerprint density at radius 3 is 2.41 bits per heavy atom. The molecule has 244 valence electrons. The number of nitrogens with zero attached hydrogens (tertiary/aromatic N) is 5. The summed E-state index contributed by atoms with van der Waals surface area (Å²) in [6, 6.07) is 18.2. The van der Waals surface area contributed by atoms with Crippen LogP contribution >= 0.6 is 0 Å². The van der Waals surface area contributed by atoms with Crippen molar-refractivity contribution in [3.05, 3.63) is 87.6 Å². The first-order valence-electron chi connectivity index (χ1n) is 16.8. The minimum Gasteiger partial charge on any atom is -0.412 e. The minimum atomic E-state index is -1.85. The quantitative estimate of drug-likeness (QED) is 0.155. The second-order valence-corrected chi connectivity index (χ2v) is 19.1. The molecule has 4 aromatic rings. The van der Waals surface area contributed by atoms with Gasteiger partial charge in [-0.1, -0.05) is 76.6 Å². The van der Waals surface area contributed by atoms with Crippen molar-refractivity contribution in [2.24, 2.45) is 0 Å². The van der Waals surface area contributed by atoms with Crippen LogP contribution in [-0.2, 0) is 22.0 Å². The molecule has 1 unspecified atom stereocenters. The fourth-order valence-corrected chi connectivity index (χ4v) is 7.80. The second-order valence-electron chi connectivity index (χ2n) is 14.3. The molecule has 9 heteroatoms. The highest BCUT2D eigenvalue weighted by atomic mass is 28.4. The van der Waals surface area contributed by atoms with Gasteiger partial charge in [-0.05, 0) is 79.9 Å². The van der Waals surface area contributed by atoms with Crippen LogP contribution in [0.15, 0.2) is 59.7 Å². The third kappa shape index (κ3) is 7.20. The maximum Gasteiger partial charge on any atom is 0.259 e. The van der Waals surface area contributed by atoms with E-state index in [9.17, 15) is 10.1 Å². The van der Waals surface area contributed by atoms with Crippen molar-refractivity contribution in [3.63, 3.8) is 0 Å². The third-order valence-electron chi connectivity index (χ3n) is 9.88. The Kier molecular flexibility index (Phi) is 10.3. The molecule has 46 heavy (non-hydrogen) atoms. The molecule has 1 atom stereocenters. The van der Waals surface area contributed by atoms with Gasteiger partial charge < -0.3 is 9.16 Å². The van der Waals surface area contributed by atoms with Gasteiger partial charge in [-0.2, -0.15) is 15.3 Å². The van der Waals surface area contributed by atoms with E-state index in [1.54, 1.807) is 6.33 Å². The molecule has 0 saturated heterocycles. The SMILES string of the molecule is CCCc1c(Cc2ccc(-c3ccccc3C#N)cc2)c(=O)n(C2CCC(OCC(C)O[Si](C)(C)C(C)(C)C)CC2)c2ncnn12. The Morgan fingerprint density at radius 2 is 1.76 bits per heavy atom. The van der Waals surface area contributed by atoms with Crippen molar-refractivity contribution in [2.45, 2.75) is 116 Å². The number of fused-ring (bicyclic) bond motifs is 1. The third-order valence-corrected chi connectivity index (χ3v) is 14.5. The van der Waals surface area contributed by atoms with Crippen LogP contribution in [0.2, 0.25) is 18.1 Å². The number of aryl methyl sites for hydroxylation is 1. The second kappa shape index (κ2) is 14.0. The molecule has 1 aliphatic rings. The Labute approximate surface area is 274 Å². The average molecular weight is 640 g/mol. The zero-order valence-electron chi connectivity index (χ0n) is 28.5. The number of aromatic nitrogens is 4. The summed E-state index contributed by atoms with van der Waals surface area (Å²) in [5, 5.41) is 14.3. The van der Waals surface area contributed by atoms with Crippen molar-refractivity contribution >= 4 is 14.1 Å². The number of nitriles is 1. The highest BCUT2D eigenvalue weighted by molar-refractivity contribution is 6.74. The van der Waals surface area contributed by atoms with E-state index in [0.29, 0.717) is 24.4 Å². The molecule has 0 N–H and O–H groups in total. The normalized spacial score (nSPS) is 18.0. The standard InChI is InChI=1S/C37H49N5O3Si/c1-8-11-34-33(22-27-14-16-28(17-15-27)32-13-10-9-12-29(32)23-38)35(43)41(36-39-25-40-42(34)36)30-18-20-31(21-19-30)44-24-26(2)45-46(6,7)37(3,4)5/h9-10,12-17,25-26,30-31H,8,11,18-22,24H2,1-7H3. The summed E-state index contributed by atoms with van der Waals surface area (Å²) >= 11 is 0. The lowest BCUT2D eigenvalue weighted by Gasteiger charge is -2.39. The van der Waals surface area contributed by atoms with Crippen LogP contribution in [0, 0.1) is 11.3 Å². The van der Waals surface area contributed by atoms with Crippen molar-refractivity contribution in [1.82, 2.24) is 19.2 Å². The molecule has 0 bridgehead atoms. The molecule has 1 saturated carbocycles. The van der Waals surface area contributed by atoms with E-state index in [4.69, 9.17) is 9.16 Å². The number of hydrogen-bond donors (Lipinski definition) is 0. The van der Waals surface area contributed by atoms with Gasteiger partial charge in [0, 0.05) is 18.0 Å². The monoisotopic (exact) mass is 639 g/mol. The van der Waals surface area contributed by atoms with Crippen molar-refractivity contribution in [1.29, 1.82) is 5.26 Å². The number of ether oxygens (including phenoxy) is 1. The van der Waals surface area contributed by atoms with Gasteiger partial charge in [0.15, 0.2) is 8.32 Å². The summed E-state index contributed by atoms with van der Waals surface area (Å²) in [6.45, 7) is 16.2. The van der Waals surface area contributed by atoms with Crippen molar-refractivity contribution in [3.8, 4) is 17.2 Å². The van der Waals surface area contributed by atoms with Crippen LogP contribution < -0.4 is 5.56 Å². The van der Waals surface area contributed by atoms with Crippen LogP contribution in [0.4, 0.5) is 0 Å². The Hall–Kier alpha value is -3.58. The molecule has 8 nitrogen and oxygen atoms in total. The molecule has 2 aromatic carbocycles. The highest BCUT2D eigenvalue weighted by Gasteiger charge is 2.38.